The van der Waals surface area contributed by atoms with Gasteiger partial charge in [0, 0.05) is 18.2 Å². The highest BCUT2D eigenvalue weighted by molar-refractivity contribution is 5.89. The highest BCUT2D eigenvalue weighted by Gasteiger charge is 2.30. The topological polar surface area (TPSA) is 78.4 Å². The Kier molecular flexibility index (Phi) is 5.85. The van der Waals surface area contributed by atoms with E-state index in [2.05, 4.69) is 10.6 Å². The molecule has 0 radical (unpaired) electrons. The van der Waals surface area contributed by atoms with Crippen LogP contribution in [0.1, 0.15) is 52.0 Å². The normalized spacial score (nSPS) is 14.3. The van der Waals surface area contributed by atoms with Crippen molar-refractivity contribution >= 4 is 17.4 Å². The Morgan fingerprint density at radius 3 is 2.23 bits per heavy atom. The van der Waals surface area contributed by atoms with Crippen molar-refractivity contribution in [2.24, 2.45) is 5.41 Å². The van der Waals surface area contributed by atoms with E-state index in [1.54, 1.807) is 18.2 Å². The van der Waals surface area contributed by atoms with Gasteiger partial charge in [-0.1, -0.05) is 32.9 Å². The molecular formula is C17H26N2O3. The fourth-order valence-corrected chi connectivity index (χ4v) is 2.50. The van der Waals surface area contributed by atoms with Gasteiger partial charge in [0.05, 0.1) is 6.04 Å². The number of ketones is 1. The van der Waals surface area contributed by atoms with Crippen LogP contribution < -0.4 is 10.6 Å². The number of anilines is 1. The summed E-state index contributed by atoms with van der Waals surface area (Å²) in [6.45, 7) is 10.6. The summed E-state index contributed by atoms with van der Waals surface area (Å²) in [7, 11) is 0. The van der Waals surface area contributed by atoms with Gasteiger partial charge in [-0.15, -0.1) is 0 Å². The molecule has 0 heterocycles. The third-order valence-corrected chi connectivity index (χ3v) is 3.58. The third kappa shape index (κ3) is 4.64. The predicted octanol–water partition coefficient (Wildman–Crippen LogP) is 2.54. The minimum absolute atomic E-state index is 0.0257. The molecule has 1 aromatic rings. The fourth-order valence-electron chi connectivity index (χ4n) is 2.50. The molecule has 1 aromatic carbocycles. The second kappa shape index (κ2) is 7.03. The lowest BCUT2D eigenvalue weighted by Crippen LogP contribution is -2.47. The molecule has 0 bridgehead atoms. The number of hydrogen-bond acceptors (Lipinski definition) is 4. The summed E-state index contributed by atoms with van der Waals surface area (Å²) < 4.78 is 0. The van der Waals surface area contributed by atoms with Crippen molar-refractivity contribution in [1.82, 2.24) is 5.32 Å². The minimum Gasteiger partial charge on any atom is -0.374 e. The third-order valence-electron chi connectivity index (χ3n) is 3.58. The summed E-state index contributed by atoms with van der Waals surface area (Å²) in [5, 5.41) is 16.2. The van der Waals surface area contributed by atoms with Gasteiger partial charge in [-0.2, -0.15) is 0 Å². The van der Waals surface area contributed by atoms with Crippen molar-refractivity contribution < 1.29 is 14.7 Å². The molecular weight excluding hydrogens is 280 g/mol. The van der Waals surface area contributed by atoms with E-state index in [0.29, 0.717) is 11.3 Å². The van der Waals surface area contributed by atoms with Crippen molar-refractivity contribution in [3.8, 4) is 0 Å². The summed E-state index contributed by atoms with van der Waals surface area (Å²) in [6, 6.07) is 4.85. The molecule has 5 heteroatoms. The van der Waals surface area contributed by atoms with E-state index in [4.69, 9.17) is 0 Å². The zero-order valence-corrected chi connectivity index (χ0v) is 14.2. The summed E-state index contributed by atoms with van der Waals surface area (Å²) in [4.78, 5) is 23.0. The van der Waals surface area contributed by atoms with Crippen molar-refractivity contribution in [2.75, 3.05) is 5.32 Å². The van der Waals surface area contributed by atoms with Crippen molar-refractivity contribution in [2.45, 2.75) is 53.8 Å². The second-order valence-corrected chi connectivity index (χ2v) is 6.68. The number of carbonyl (C=O) groups excluding carboxylic acids is 2. The van der Waals surface area contributed by atoms with Gasteiger partial charge in [0.25, 0.3) is 0 Å². The van der Waals surface area contributed by atoms with E-state index in [1.807, 2.05) is 27.7 Å². The number of aliphatic hydroxyl groups is 1. The number of nitrogens with one attached hydrogen (secondary N) is 2. The van der Waals surface area contributed by atoms with Gasteiger partial charge in [0.2, 0.25) is 5.91 Å². The SMILES string of the molecule is CC(=O)Nc1cccc(C(O)N[C@H](C(C)=O)C(C)(C)C)c1C. The molecule has 2 atom stereocenters. The molecule has 22 heavy (non-hydrogen) atoms. The highest BCUT2D eigenvalue weighted by Crippen LogP contribution is 2.26. The first-order chi connectivity index (χ1) is 10.0. The van der Waals surface area contributed by atoms with Crippen LogP contribution in [0.3, 0.4) is 0 Å². The number of Topliss-reactive ketones (excluding diaryl/α,β-unsaturated/α-hetero) is 1. The Labute approximate surface area is 132 Å². The average molecular weight is 306 g/mol. The Balaban J connectivity index is 3.05. The zero-order valence-electron chi connectivity index (χ0n) is 14.2. The number of amides is 1. The molecule has 0 aromatic heterocycles. The fraction of sp³-hybridized carbons (Fsp3) is 0.529. The van der Waals surface area contributed by atoms with Crippen LogP contribution in [-0.2, 0) is 9.59 Å². The van der Waals surface area contributed by atoms with E-state index >= 15 is 0 Å². The molecule has 1 amide bonds. The smallest absolute Gasteiger partial charge is 0.221 e. The molecule has 5 nitrogen and oxygen atoms in total. The van der Waals surface area contributed by atoms with E-state index in [1.165, 1.54) is 13.8 Å². The second-order valence-electron chi connectivity index (χ2n) is 6.68. The maximum absolute atomic E-state index is 11.8. The van der Waals surface area contributed by atoms with Crippen LogP contribution in [0.5, 0.6) is 0 Å². The monoisotopic (exact) mass is 306 g/mol. The minimum atomic E-state index is -0.984. The summed E-state index contributed by atoms with van der Waals surface area (Å²) in [5.41, 5.74) is 1.76. The Hall–Kier alpha value is -1.72. The molecule has 122 valence electrons. The summed E-state index contributed by atoms with van der Waals surface area (Å²) in [6.07, 6.45) is -0.984. The summed E-state index contributed by atoms with van der Waals surface area (Å²) in [5.74, 6) is -0.193. The quantitative estimate of drug-likeness (QED) is 0.731. The molecule has 0 fully saturated rings. The molecule has 0 saturated heterocycles. The maximum Gasteiger partial charge on any atom is 0.221 e. The van der Waals surface area contributed by atoms with Crippen LogP contribution in [-0.4, -0.2) is 22.8 Å². The molecule has 0 aliphatic carbocycles. The average Bonchev–Trinajstić information content (AvgIpc) is 2.35. The molecule has 0 spiro atoms. The number of benzene rings is 1. The largest absolute Gasteiger partial charge is 0.374 e. The predicted molar refractivity (Wildman–Crippen MR) is 87.5 cm³/mol. The molecule has 0 aliphatic heterocycles. The maximum atomic E-state index is 11.8. The van der Waals surface area contributed by atoms with Crippen LogP contribution in [0.15, 0.2) is 18.2 Å². The van der Waals surface area contributed by atoms with Crippen LogP contribution in [0, 0.1) is 12.3 Å². The standard InChI is InChI=1S/C17H26N2O3/c1-10-13(8-7-9-14(10)18-12(3)21)16(22)19-15(11(2)20)17(4,5)6/h7-9,15-16,19,22H,1-6H3,(H,18,21)/t15-,16?/m1/s1. The van der Waals surface area contributed by atoms with Crippen LogP contribution in [0.2, 0.25) is 0 Å². The van der Waals surface area contributed by atoms with Gasteiger partial charge in [0.1, 0.15) is 12.0 Å². The molecule has 3 N–H and O–H groups in total. The van der Waals surface area contributed by atoms with Gasteiger partial charge in [-0.3, -0.25) is 14.9 Å². The van der Waals surface area contributed by atoms with Crippen molar-refractivity contribution in [3.63, 3.8) is 0 Å². The van der Waals surface area contributed by atoms with E-state index in [9.17, 15) is 14.7 Å². The number of carbonyl (C=O) groups is 2. The first kappa shape index (κ1) is 18.3. The van der Waals surface area contributed by atoms with Crippen molar-refractivity contribution in [1.29, 1.82) is 0 Å². The van der Waals surface area contributed by atoms with Gasteiger partial charge in [-0.25, -0.2) is 0 Å². The first-order valence-electron chi connectivity index (χ1n) is 7.35. The number of hydrogen-bond donors (Lipinski definition) is 3. The van der Waals surface area contributed by atoms with E-state index in [0.717, 1.165) is 5.56 Å². The van der Waals surface area contributed by atoms with Crippen LogP contribution in [0.4, 0.5) is 5.69 Å². The molecule has 0 aliphatic rings. The lowest BCUT2D eigenvalue weighted by Gasteiger charge is -2.32. The summed E-state index contributed by atoms with van der Waals surface area (Å²) >= 11 is 0. The Bertz CT molecular complexity index is 562. The van der Waals surface area contributed by atoms with Gasteiger partial charge >= 0.3 is 0 Å². The Morgan fingerprint density at radius 1 is 1.18 bits per heavy atom. The van der Waals surface area contributed by atoms with Crippen LogP contribution >= 0.6 is 0 Å². The molecule has 1 unspecified atom stereocenters. The van der Waals surface area contributed by atoms with Crippen LogP contribution in [0.25, 0.3) is 0 Å². The zero-order chi connectivity index (χ0) is 17.1. The van der Waals surface area contributed by atoms with Gasteiger partial charge < -0.3 is 10.4 Å². The number of aliphatic hydroxyl groups excluding tert-OH is 1. The first-order valence-corrected chi connectivity index (χ1v) is 7.35. The molecule has 0 saturated carbocycles. The highest BCUT2D eigenvalue weighted by atomic mass is 16.3. The number of rotatable bonds is 5. The lowest BCUT2D eigenvalue weighted by atomic mass is 9.84. The van der Waals surface area contributed by atoms with Crippen molar-refractivity contribution in [3.05, 3.63) is 29.3 Å². The van der Waals surface area contributed by atoms with E-state index in [-0.39, 0.29) is 17.1 Å². The lowest BCUT2D eigenvalue weighted by molar-refractivity contribution is -0.122. The molecule has 1 rings (SSSR count). The Morgan fingerprint density at radius 2 is 1.77 bits per heavy atom. The van der Waals surface area contributed by atoms with Gasteiger partial charge in [0.15, 0.2) is 0 Å². The van der Waals surface area contributed by atoms with Gasteiger partial charge in [-0.05, 0) is 30.9 Å². The van der Waals surface area contributed by atoms with E-state index < -0.39 is 12.3 Å².